The zero-order valence-electron chi connectivity index (χ0n) is 10.1. The fourth-order valence-electron chi connectivity index (χ4n) is 1.67. The highest BCUT2D eigenvalue weighted by molar-refractivity contribution is 9.10. The molecule has 0 fully saturated rings. The second-order valence-electron chi connectivity index (χ2n) is 4.19. The van der Waals surface area contributed by atoms with Crippen LogP contribution in [0.5, 0.6) is 5.75 Å². The lowest BCUT2D eigenvalue weighted by Crippen LogP contribution is -2.27. The van der Waals surface area contributed by atoms with Gasteiger partial charge in [-0.1, -0.05) is 28.1 Å². The number of ether oxygens (including phenoxy) is 1. The minimum atomic E-state index is -4.57. The summed E-state index contributed by atoms with van der Waals surface area (Å²) in [5.74, 6) is -1.81. The molecule has 0 aromatic heterocycles. The number of alkyl halides is 3. The Bertz CT molecular complexity index is 663. The van der Waals surface area contributed by atoms with Gasteiger partial charge in [-0.15, -0.1) is 0 Å². The van der Waals surface area contributed by atoms with Crippen LogP contribution in [0.25, 0.3) is 10.8 Å². The van der Waals surface area contributed by atoms with Crippen LogP contribution in [0.2, 0.25) is 0 Å². The van der Waals surface area contributed by atoms with Gasteiger partial charge in [0.1, 0.15) is 12.4 Å². The summed E-state index contributed by atoms with van der Waals surface area (Å²) in [5, 5.41) is 10.3. The summed E-state index contributed by atoms with van der Waals surface area (Å²) in [5.41, 5.74) is 0. The molecule has 6 heteroatoms. The van der Waals surface area contributed by atoms with Crippen molar-refractivity contribution in [3.05, 3.63) is 40.9 Å². The van der Waals surface area contributed by atoms with Gasteiger partial charge < -0.3 is 4.74 Å². The molecule has 1 atom stereocenters. The molecule has 0 N–H and O–H groups in total. The number of hydrogen-bond donors (Lipinski definition) is 0. The molecule has 104 valence electrons. The Morgan fingerprint density at radius 1 is 1.15 bits per heavy atom. The van der Waals surface area contributed by atoms with Gasteiger partial charge in [-0.05, 0) is 35.0 Å². The molecule has 1 unspecified atom stereocenters. The molecule has 0 bridgehead atoms. The number of fused-ring (bicyclic) bond motifs is 1. The van der Waals surface area contributed by atoms with E-state index in [4.69, 9.17) is 10.00 Å². The maximum Gasteiger partial charge on any atom is 0.407 e. The van der Waals surface area contributed by atoms with Crippen molar-refractivity contribution in [2.75, 3.05) is 6.61 Å². The quantitative estimate of drug-likeness (QED) is 0.810. The van der Waals surface area contributed by atoms with Crippen molar-refractivity contribution in [1.29, 1.82) is 5.26 Å². The monoisotopic (exact) mass is 343 g/mol. The average molecular weight is 344 g/mol. The van der Waals surface area contributed by atoms with Gasteiger partial charge in [-0.2, -0.15) is 18.4 Å². The molecular weight excluding hydrogens is 335 g/mol. The van der Waals surface area contributed by atoms with Gasteiger partial charge in [0.2, 0.25) is 0 Å². The molecule has 2 rings (SSSR count). The smallest absolute Gasteiger partial charge is 0.407 e. The summed E-state index contributed by atoms with van der Waals surface area (Å²) in [4.78, 5) is 0. The second kappa shape index (κ2) is 5.71. The fraction of sp³-hybridized carbons (Fsp3) is 0.214. The predicted octanol–water partition coefficient (Wildman–Crippen LogP) is 4.68. The van der Waals surface area contributed by atoms with E-state index in [1.165, 1.54) is 6.07 Å². The lowest BCUT2D eigenvalue weighted by Gasteiger charge is -2.14. The largest absolute Gasteiger partial charge is 0.492 e. The summed E-state index contributed by atoms with van der Waals surface area (Å²) < 4.78 is 43.2. The molecule has 0 aliphatic rings. The van der Waals surface area contributed by atoms with Crippen LogP contribution in [-0.4, -0.2) is 12.8 Å². The van der Waals surface area contributed by atoms with E-state index in [1.54, 1.807) is 18.2 Å². The molecule has 0 radical (unpaired) electrons. The highest BCUT2D eigenvalue weighted by Gasteiger charge is 2.40. The number of benzene rings is 2. The third-order valence-corrected chi connectivity index (χ3v) is 3.23. The van der Waals surface area contributed by atoms with E-state index in [0.29, 0.717) is 5.75 Å². The van der Waals surface area contributed by atoms with Crippen LogP contribution in [0.4, 0.5) is 13.2 Å². The van der Waals surface area contributed by atoms with Crippen molar-refractivity contribution < 1.29 is 17.9 Å². The first-order valence-corrected chi connectivity index (χ1v) is 6.48. The molecular formula is C14H9BrF3NO. The standard InChI is InChI=1S/C14H9BrF3NO/c15-12-3-1-10-6-13(4-2-9(10)5-12)20-8-11(7-19)14(16,17)18/h1-6,11H,8H2. The third-order valence-electron chi connectivity index (χ3n) is 2.74. The molecule has 0 aliphatic carbocycles. The zero-order valence-corrected chi connectivity index (χ0v) is 11.7. The Morgan fingerprint density at radius 2 is 1.80 bits per heavy atom. The summed E-state index contributed by atoms with van der Waals surface area (Å²) >= 11 is 3.34. The number of nitriles is 1. The van der Waals surface area contributed by atoms with Crippen molar-refractivity contribution in [3.63, 3.8) is 0 Å². The Labute approximate surface area is 121 Å². The molecule has 2 nitrogen and oxygen atoms in total. The summed E-state index contributed by atoms with van der Waals surface area (Å²) in [7, 11) is 0. The average Bonchev–Trinajstić information content (AvgIpc) is 2.38. The number of hydrogen-bond acceptors (Lipinski definition) is 2. The van der Waals surface area contributed by atoms with Crippen LogP contribution in [0, 0.1) is 17.2 Å². The lowest BCUT2D eigenvalue weighted by molar-refractivity contribution is -0.165. The van der Waals surface area contributed by atoms with E-state index in [9.17, 15) is 13.2 Å². The normalized spacial score (nSPS) is 12.9. The maximum absolute atomic E-state index is 12.4. The first-order chi connectivity index (χ1) is 9.40. The Balaban J connectivity index is 2.15. The van der Waals surface area contributed by atoms with E-state index in [0.717, 1.165) is 15.2 Å². The van der Waals surface area contributed by atoms with Crippen molar-refractivity contribution in [2.24, 2.45) is 5.92 Å². The summed E-state index contributed by atoms with van der Waals surface area (Å²) in [6, 6.07) is 11.7. The van der Waals surface area contributed by atoms with E-state index in [2.05, 4.69) is 15.9 Å². The van der Waals surface area contributed by atoms with E-state index in [1.807, 2.05) is 18.2 Å². The number of halogens is 4. The number of nitrogens with zero attached hydrogens (tertiary/aromatic N) is 1. The predicted molar refractivity (Wildman–Crippen MR) is 72.3 cm³/mol. The summed E-state index contributed by atoms with van der Waals surface area (Å²) in [6.45, 7) is -0.706. The molecule has 0 heterocycles. The van der Waals surface area contributed by atoms with E-state index in [-0.39, 0.29) is 0 Å². The highest BCUT2D eigenvalue weighted by Crippen LogP contribution is 2.28. The first kappa shape index (κ1) is 14.7. The van der Waals surface area contributed by atoms with Gasteiger partial charge in [0.25, 0.3) is 0 Å². The molecule has 2 aromatic rings. The van der Waals surface area contributed by atoms with Crippen molar-refractivity contribution >= 4 is 26.7 Å². The van der Waals surface area contributed by atoms with Crippen LogP contribution in [0.1, 0.15) is 0 Å². The first-order valence-electron chi connectivity index (χ1n) is 5.68. The fourth-order valence-corrected chi connectivity index (χ4v) is 2.05. The molecule has 0 saturated heterocycles. The van der Waals surface area contributed by atoms with Gasteiger partial charge in [0.05, 0.1) is 6.07 Å². The number of rotatable bonds is 3. The van der Waals surface area contributed by atoms with Gasteiger partial charge >= 0.3 is 6.18 Å². The van der Waals surface area contributed by atoms with Crippen LogP contribution >= 0.6 is 15.9 Å². The second-order valence-corrected chi connectivity index (χ2v) is 5.10. The lowest BCUT2D eigenvalue weighted by atomic mass is 10.1. The van der Waals surface area contributed by atoms with E-state index >= 15 is 0 Å². The van der Waals surface area contributed by atoms with Gasteiger partial charge in [-0.3, -0.25) is 0 Å². The van der Waals surface area contributed by atoms with Crippen LogP contribution < -0.4 is 4.74 Å². The SMILES string of the molecule is N#CC(COc1ccc2cc(Br)ccc2c1)C(F)(F)F. The van der Waals surface area contributed by atoms with Crippen molar-refractivity contribution in [2.45, 2.75) is 6.18 Å². The Hall–Kier alpha value is -1.74. The molecule has 0 amide bonds. The van der Waals surface area contributed by atoms with Crippen LogP contribution in [0.15, 0.2) is 40.9 Å². The summed E-state index contributed by atoms with van der Waals surface area (Å²) in [6.07, 6.45) is -4.57. The maximum atomic E-state index is 12.4. The van der Waals surface area contributed by atoms with Gasteiger partial charge in [-0.25, -0.2) is 0 Å². The molecule has 0 aliphatic heterocycles. The minimum Gasteiger partial charge on any atom is -0.492 e. The van der Waals surface area contributed by atoms with Crippen molar-refractivity contribution in [1.82, 2.24) is 0 Å². The Kier molecular flexibility index (Phi) is 4.19. The van der Waals surface area contributed by atoms with Gasteiger partial charge in [0, 0.05) is 4.47 Å². The third kappa shape index (κ3) is 3.42. The van der Waals surface area contributed by atoms with Crippen molar-refractivity contribution in [3.8, 4) is 11.8 Å². The molecule has 0 spiro atoms. The van der Waals surface area contributed by atoms with E-state index < -0.39 is 18.7 Å². The Morgan fingerprint density at radius 3 is 2.45 bits per heavy atom. The molecule has 20 heavy (non-hydrogen) atoms. The van der Waals surface area contributed by atoms with Crippen LogP contribution in [-0.2, 0) is 0 Å². The molecule has 2 aromatic carbocycles. The van der Waals surface area contributed by atoms with Gasteiger partial charge in [0.15, 0.2) is 5.92 Å². The molecule has 0 saturated carbocycles. The van der Waals surface area contributed by atoms with Crippen LogP contribution in [0.3, 0.4) is 0 Å². The topological polar surface area (TPSA) is 33.0 Å². The zero-order chi connectivity index (χ0) is 14.8. The highest BCUT2D eigenvalue weighted by atomic mass is 79.9. The minimum absolute atomic E-state index is 0.310.